The third kappa shape index (κ3) is 3.67. The molecule has 0 radical (unpaired) electrons. The Hall–Kier alpha value is -2.38. The Kier molecular flexibility index (Phi) is 4.42. The van der Waals surface area contributed by atoms with Crippen molar-refractivity contribution in [2.45, 2.75) is 24.9 Å². The average Bonchev–Trinajstić information content (AvgIpc) is 3.48. The summed E-state index contributed by atoms with van der Waals surface area (Å²) in [5.41, 5.74) is 2.00. The van der Waals surface area contributed by atoms with Crippen LogP contribution in [0.2, 0.25) is 0 Å². The number of carbonyl (C=O) groups excluding carboxylic acids is 1. The van der Waals surface area contributed by atoms with E-state index in [1.807, 2.05) is 0 Å². The molecule has 0 spiro atoms. The minimum absolute atomic E-state index is 0.216. The summed E-state index contributed by atoms with van der Waals surface area (Å²) in [6, 6.07) is 4.61. The molecule has 1 atom stereocenters. The van der Waals surface area contributed by atoms with Crippen molar-refractivity contribution in [3.8, 4) is 0 Å². The lowest BCUT2D eigenvalue weighted by atomic mass is 10.1. The molecule has 2 fully saturated rings. The quantitative estimate of drug-likeness (QED) is 0.892. The lowest BCUT2D eigenvalue weighted by molar-refractivity contribution is 0.0255. The molecular weight excluding hydrogens is 323 g/mol. The highest BCUT2D eigenvalue weighted by atomic mass is 19.1. The van der Waals surface area contributed by atoms with E-state index >= 15 is 0 Å². The molecule has 1 aliphatic heterocycles. The standard InChI is InChI=1S/C18H19FN4O2/c19-14-7-12(3-4-13(14)17-10-20-5-6-25-17)23-18(24)16-9-21-15(8-22-16)11-1-2-11/h3-4,7-9,11,17,20H,1-2,5-6,10H2,(H,23,24)/t17-/m1/s1. The summed E-state index contributed by atoms with van der Waals surface area (Å²) < 4.78 is 19.9. The lowest BCUT2D eigenvalue weighted by Crippen LogP contribution is -2.33. The van der Waals surface area contributed by atoms with E-state index in [1.165, 1.54) is 12.3 Å². The van der Waals surface area contributed by atoms with Gasteiger partial charge in [0.05, 0.1) is 24.6 Å². The van der Waals surface area contributed by atoms with Gasteiger partial charge in [-0.25, -0.2) is 9.37 Å². The smallest absolute Gasteiger partial charge is 0.275 e. The number of hydrogen-bond donors (Lipinski definition) is 2. The first kappa shape index (κ1) is 16.1. The predicted octanol–water partition coefficient (Wildman–Crippen LogP) is 2.41. The molecule has 1 amide bonds. The van der Waals surface area contributed by atoms with Gasteiger partial charge in [-0.05, 0) is 25.0 Å². The Balaban J connectivity index is 1.44. The number of rotatable bonds is 4. The number of benzene rings is 1. The first-order chi connectivity index (χ1) is 12.2. The summed E-state index contributed by atoms with van der Waals surface area (Å²) in [4.78, 5) is 20.7. The van der Waals surface area contributed by atoms with Crippen LogP contribution in [0.15, 0.2) is 30.6 Å². The number of nitrogens with one attached hydrogen (secondary N) is 2. The van der Waals surface area contributed by atoms with Crippen LogP contribution in [0.3, 0.4) is 0 Å². The van der Waals surface area contributed by atoms with E-state index in [-0.39, 0.29) is 11.8 Å². The minimum Gasteiger partial charge on any atom is -0.371 e. The van der Waals surface area contributed by atoms with Gasteiger partial charge in [0, 0.05) is 36.5 Å². The van der Waals surface area contributed by atoms with Gasteiger partial charge in [-0.2, -0.15) is 0 Å². The largest absolute Gasteiger partial charge is 0.371 e. The van der Waals surface area contributed by atoms with Crippen molar-refractivity contribution in [3.05, 3.63) is 53.4 Å². The van der Waals surface area contributed by atoms with Crippen LogP contribution in [0.25, 0.3) is 0 Å². The van der Waals surface area contributed by atoms with E-state index in [4.69, 9.17) is 4.74 Å². The highest BCUT2D eigenvalue weighted by Crippen LogP contribution is 2.38. The van der Waals surface area contributed by atoms with Gasteiger partial charge >= 0.3 is 0 Å². The highest BCUT2D eigenvalue weighted by molar-refractivity contribution is 6.02. The number of aromatic nitrogens is 2. The van der Waals surface area contributed by atoms with Gasteiger partial charge in [0.2, 0.25) is 0 Å². The molecule has 2 N–H and O–H groups in total. The second kappa shape index (κ2) is 6.85. The van der Waals surface area contributed by atoms with Crippen molar-refractivity contribution in [1.29, 1.82) is 0 Å². The van der Waals surface area contributed by atoms with Crippen LogP contribution in [-0.4, -0.2) is 35.6 Å². The molecule has 2 aromatic rings. The van der Waals surface area contributed by atoms with Crippen molar-refractivity contribution in [2.24, 2.45) is 0 Å². The maximum atomic E-state index is 14.3. The first-order valence-corrected chi connectivity index (χ1v) is 8.46. The number of carbonyl (C=O) groups is 1. The molecule has 0 unspecified atom stereocenters. The molecule has 2 aliphatic rings. The Morgan fingerprint density at radius 2 is 2.16 bits per heavy atom. The molecule has 1 aromatic heterocycles. The SMILES string of the molecule is O=C(Nc1ccc([C@H]2CNCCO2)c(F)c1)c1cnc(C2CC2)cn1. The monoisotopic (exact) mass is 342 g/mol. The van der Waals surface area contributed by atoms with Crippen LogP contribution in [0.1, 0.15) is 46.6 Å². The fourth-order valence-electron chi connectivity index (χ4n) is 2.87. The molecule has 130 valence electrons. The van der Waals surface area contributed by atoms with Gasteiger partial charge < -0.3 is 15.4 Å². The van der Waals surface area contributed by atoms with Crippen LogP contribution in [0, 0.1) is 5.82 Å². The fraction of sp³-hybridized carbons (Fsp3) is 0.389. The third-order valence-corrected chi connectivity index (χ3v) is 4.43. The number of nitrogens with zero attached hydrogens (tertiary/aromatic N) is 2. The second-order valence-corrected chi connectivity index (χ2v) is 6.35. The zero-order chi connectivity index (χ0) is 17.2. The molecule has 0 bridgehead atoms. The van der Waals surface area contributed by atoms with Crippen molar-refractivity contribution >= 4 is 11.6 Å². The molecular formula is C18H19FN4O2. The Morgan fingerprint density at radius 1 is 1.28 bits per heavy atom. The maximum Gasteiger partial charge on any atom is 0.275 e. The number of anilines is 1. The molecule has 7 heteroatoms. The van der Waals surface area contributed by atoms with Crippen LogP contribution >= 0.6 is 0 Å². The van der Waals surface area contributed by atoms with Crippen LogP contribution < -0.4 is 10.6 Å². The first-order valence-electron chi connectivity index (χ1n) is 8.46. The van der Waals surface area contributed by atoms with E-state index in [2.05, 4.69) is 20.6 Å². The van der Waals surface area contributed by atoms with Gasteiger partial charge in [0.1, 0.15) is 11.5 Å². The molecule has 1 aromatic carbocycles. The minimum atomic E-state index is -0.405. The zero-order valence-corrected chi connectivity index (χ0v) is 13.7. The van der Waals surface area contributed by atoms with E-state index in [9.17, 15) is 9.18 Å². The summed E-state index contributed by atoms with van der Waals surface area (Å²) in [5.74, 6) is -0.318. The van der Waals surface area contributed by atoms with Gasteiger partial charge in [0.25, 0.3) is 5.91 Å². The molecule has 6 nitrogen and oxygen atoms in total. The van der Waals surface area contributed by atoms with E-state index in [1.54, 1.807) is 18.3 Å². The fourth-order valence-corrected chi connectivity index (χ4v) is 2.87. The van der Waals surface area contributed by atoms with Crippen molar-refractivity contribution < 1.29 is 13.9 Å². The van der Waals surface area contributed by atoms with Gasteiger partial charge in [-0.15, -0.1) is 0 Å². The maximum absolute atomic E-state index is 14.3. The van der Waals surface area contributed by atoms with Crippen molar-refractivity contribution in [3.63, 3.8) is 0 Å². The number of ether oxygens (including phenoxy) is 1. The average molecular weight is 342 g/mol. The normalized spacial score (nSPS) is 20.3. The summed E-state index contributed by atoms with van der Waals surface area (Å²) in [6.45, 7) is 1.90. The molecule has 2 heterocycles. The Labute approximate surface area is 144 Å². The van der Waals surface area contributed by atoms with Gasteiger partial charge in [-0.3, -0.25) is 9.78 Å². The van der Waals surface area contributed by atoms with Crippen molar-refractivity contribution in [2.75, 3.05) is 25.0 Å². The molecule has 25 heavy (non-hydrogen) atoms. The number of amides is 1. The predicted molar refractivity (Wildman–Crippen MR) is 89.9 cm³/mol. The number of morpholine rings is 1. The number of halogens is 1. The Morgan fingerprint density at radius 3 is 2.80 bits per heavy atom. The highest BCUT2D eigenvalue weighted by Gasteiger charge is 2.25. The summed E-state index contributed by atoms with van der Waals surface area (Å²) in [7, 11) is 0. The Bertz CT molecular complexity index is 771. The second-order valence-electron chi connectivity index (χ2n) is 6.35. The van der Waals surface area contributed by atoms with Gasteiger partial charge in [-0.1, -0.05) is 6.07 Å². The zero-order valence-electron chi connectivity index (χ0n) is 13.7. The van der Waals surface area contributed by atoms with E-state index in [0.29, 0.717) is 30.3 Å². The topological polar surface area (TPSA) is 76.1 Å². The molecule has 1 saturated carbocycles. The van der Waals surface area contributed by atoms with Crippen LogP contribution in [-0.2, 0) is 4.74 Å². The van der Waals surface area contributed by atoms with Crippen molar-refractivity contribution in [1.82, 2.24) is 15.3 Å². The van der Waals surface area contributed by atoms with E-state index < -0.39 is 11.7 Å². The van der Waals surface area contributed by atoms with Crippen LogP contribution in [0.4, 0.5) is 10.1 Å². The lowest BCUT2D eigenvalue weighted by Gasteiger charge is -2.24. The van der Waals surface area contributed by atoms with Gasteiger partial charge in [0.15, 0.2) is 0 Å². The molecule has 1 saturated heterocycles. The summed E-state index contributed by atoms with van der Waals surface area (Å²) in [5, 5.41) is 5.82. The summed E-state index contributed by atoms with van der Waals surface area (Å²) >= 11 is 0. The van der Waals surface area contributed by atoms with E-state index in [0.717, 1.165) is 25.1 Å². The molecule has 1 aliphatic carbocycles. The molecule has 4 rings (SSSR count). The number of hydrogen-bond acceptors (Lipinski definition) is 5. The van der Waals surface area contributed by atoms with Crippen LogP contribution in [0.5, 0.6) is 0 Å². The summed E-state index contributed by atoms with van der Waals surface area (Å²) in [6.07, 6.45) is 5.07. The third-order valence-electron chi connectivity index (χ3n) is 4.43.